The van der Waals surface area contributed by atoms with E-state index in [0.29, 0.717) is 18.8 Å². The molecule has 2 unspecified atom stereocenters. The third-order valence-corrected chi connectivity index (χ3v) is 3.85. The van der Waals surface area contributed by atoms with E-state index in [1.807, 2.05) is 19.1 Å². The van der Waals surface area contributed by atoms with Gasteiger partial charge in [0.25, 0.3) is 0 Å². The van der Waals surface area contributed by atoms with Gasteiger partial charge in [-0.2, -0.15) is 0 Å². The number of hydrogen-bond donors (Lipinski definition) is 1. The summed E-state index contributed by atoms with van der Waals surface area (Å²) in [5.41, 5.74) is 1.20. The smallest absolute Gasteiger partial charge is 0.161 e. The van der Waals surface area contributed by atoms with E-state index in [4.69, 9.17) is 14.2 Å². The number of methoxy groups -OCH3 is 2. The van der Waals surface area contributed by atoms with Gasteiger partial charge in [-0.25, -0.2) is 0 Å². The molecule has 4 nitrogen and oxygen atoms in total. The summed E-state index contributed by atoms with van der Waals surface area (Å²) < 4.78 is 16.4. The molecule has 0 aliphatic heterocycles. The Balaban J connectivity index is 1.95. The van der Waals surface area contributed by atoms with E-state index < -0.39 is 0 Å². The Labute approximate surface area is 121 Å². The first-order chi connectivity index (χ1) is 9.78. The molecule has 0 bridgehead atoms. The lowest BCUT2D eigenvalue weighted by Gasteiger charge is -2.20. The van der Waals surface area contributed by atoms with Gasteiger partial charge in [0.1, 0.15) is 0 Å². The van der Waals surface area contributed by atoms with Crippen LogP contribution in [0.3, 0.4) is 0 Å². The summed E-state index contributed by atoms with van der Waals surface area (Å²) in [5.74, 6) is 1.59. The minimum Gasteiger partial charge on any atom is -0.493 e. The van der Waals surface area contributed by atoms with Crippen LogP contribution in [0.15, 0.2) is 18.2 Å². The van der Waals surface area contributed by atoms with Crippen molar-refractivity contribution in [2.24, 2.45) is 0 Å². The molecule has 1 N–H and O–H groups in total. The van der Waals surface area contributed by atoms with E-state index in [1.54, 1.807) is 14.2 Å². The van der Waals surface area contributed by atoms with Crippen LogP contribution in [-0.2, 0) is 11.3 Å². The zero-order chi connectivity index (χ0) is 14.4. The van der Waals surface area contributed by atoms with Crippen molar-refractivity contribution in [1.82, 2.24) is 5.32 Å². The zero-order valence-electron chi connectivity index (χ0n) is 12.6. The van der Waals surface area contributed by atoms with Crippen LogP contribution in [0, 0.1) is 0 Å². The molecule has 1 aliphatic carbocycles. The molecule has 1 aliphatic rings. The molecule has 1 aromatic carbocycles. The molecule has 0 amide bonds. The quantitative estimate of drug-likeness (QED) is 0.833. The number of ether oxygens (including phenoxy) is 3. The topological polar surface area (TPSA) is 39.7 Å². The van der Waals surface area contributed by atoms with Crippen LogP contribution in [0.4, 0.5) is 0 Å². The molecule has 2 atom stereocenters. The highest BCUT2D eigenvalue weighted by molar-refractivity contribution is 5.42. The molecule has 0 aromatic heterocycles. The molecule has 1 saturated carbocycles. The summed E-state index contributed by atoms with van der Waals surface area (Å²) in [6.45, 7) is 3.44. The summed E-state index contributed by atoms with van der Waals surface area (Å²) in [6, 6.07) is 6.55. The Bertz CT molecular complexity index is 422. The van der Waals surface area contributed by atoms with Gasteiger partial charge in [0, 0.05) is 19.7 Å². The molecule has 112 valence electrons. The Kier molecular flexibility index (Phi) is 5.68. The van der Waals surface area contributed by atoms with Crippen molar-refractivity contribution in [3.63, 3.8) is 0 Å². The summed E-state index contributed by atoms with van der Waals surface area (Å²) in [5, 5.41) is 3.58. The average Bonchev–Trinajstić information content (AvgIpc) is 2.94. The number of benzene rings is 1. The molecule has 4 heteroatoms. The first-order valence-corrected chi connectivity index (χ1v) is 7.34. The normalized spacial score (nSPS) is 21.9. The minimum absolute atomic E-state index is 0.347. The van der Waals surface area contributed by atoms with E-state index in [0.717, 1.165) is 24.5 Å². The van der Waals surface area contributed by atoms with Crippen molar-refractivity contribution >= 4 is 0 Å². The lowest BCUT2D eigenvalue weighted by Crippen LogP contribution is -2.36. The lowest BCUT2D eigenvalue weighted by atomic mass is 10.1. The zero-order valence-corrected chi connectivity index (χ0v) is 12.6. The second kappa shape index (κ2) is 7.50. The predicted octanol–water partition coefficient (Wildman–Crippen LogP) is 2.75. The van der Waals surface area contributed by atoms with Gasteiger partial charge in [0.15, 0.2) is 11.5 Å². The van der Waals surface area contributed by atoms with Crippen LogP contribution >= 0.6 is 0 Å². The molecule has 1 fully saturated rings. The molecule has 0 heterocycles. The summed E-state index contributed by atoms with van der Waals surface area (Å²) >= 11 is 0. The third-order valence-electron chi connectivity index (χ3n) is 3.85. The molecule has 20 heavy (non-hydrogen) atoms. The molecule has 2 rings (SSSR count). The molecular weight excluding hydrogens is 254 g/mol. The Morgan fingerprint density at radius 2 is 2.05 bits per heavy atom. The van der Waals surface area contributed by atoms with Crippen LogP contribution in [0.5, 0.6) is 11.5 Å². The fraction of sp³-hybridized carbons (Fsp3) is 0.625. The molecule has 1 aromatic rings. The summed E-state index contributed by atoms with van der Waals surface area (Å²) in [6.07, 6.45) is 3.93. The maximum absolute atomic E-state index is 5.53. The van der Waals surface area contributed by atoms with Crippen molar-refractivity contribution in [2.75, 3.05) is 20.8 Å². The second-order valence-electron chi connectivity index (χ2n) is 5.11. The fourth-order valence-corrected chi connectivity index (χ4v) is 2.79. The standard InChI is InChI=1S/C16H25NO3/c1-4-20-15-9-8-12(10-16(15)19-3)11-17-13-6-5-7-14(13)18-2/h8-10,13-14,17H,4-7,11H2,1-3H3. The Hall–Kier alpha value is -1.26. The van der Waals surface area contributed by atoms with E-state index >= 15 is 0 Å². The van der Waals surface area contributed by atoms with E-state index in [2.05, 4.69) is 11.4 Å². The molecular formula is C16H25NO3. The Morgan fingerprint density at radius 3 is 2.75 bits per heavy atom. The summed E-state index contributed by atoms with van der Waals surface area (Å²) in [7, 11) is 3.47. The fourth-order valence-electron chi connectivity index (χ4n) is 2.79. The maximum Gasteiger partial charge on any atom is 0.161 e. The molecule has 0 radical (unpaired) electrons. The Morgan fingerprint density at radius 1 is 1.20 bits per heavy atom. The van der Waals surface area contributed by atoms with Crippen molar-refractivity contribution in [1.29, 1.82) is 0 Å². The van der Waals surface area contributed by atoms with E-state index in [9.17, 15) is 0 Å². The largest absolute Gasteiger partial charge is 0.493 e. The SMILES string of the molecule is CCOc1ccc(CNC2CCCC2OC)cc1OC. The van der Waals surface area contributed by atoms with Crippen LogP contribution in [0.1, 0.15) is 31.7 Å². The number of nitrogens with one attached hydrogen (secondary N) is 1. The number of hydrogen-bond acceptors (Lipinski definition) is 4. The van der Waals surface area contributed by atoms with Crippen molar-refractivity contribution in [2.45, 2.75) is 44.9 Å². The first-order valence-electron chi connectivity index (χ1n) is 7.34. The average molecular weight is 279 g/mol. The maximum atomic E-state index is 5.53. The van der Waals surface area contributed by atoms with Gasteiger partial charge in [-0.05, 0) is 43.9 Å². The first kappa shape index (κ1) is 15.1. The van der Waals surface area contributed by atoms with Crippen LogP contribution in [0.25, 0.3) is 0 Å². The highest BCUT2D eigenvalue weighted by Crippen LogP contribution is 2.28. The van der Waals surface area contributed by atoms with Crippen molar-refractivity contribution in [3.05, 3.63) is 23.8 Å². The van der Waals surface area contributed by atoms with Gasteiger partial charge < -0.3 is 19.5 Å². The summed E-state index contributed by atoms with van der Waals surface area (Å²) in [4.78, 5) is 0. The number of rotatable bonds is 7. The van der Waals surface area contributed by atoms with Crippen LogP contribution < -0.4 is 14.8 Å². The lowest BCUT2D eigenvalue weighted by molar-refractivity contribution is 0.0847. The van der Waals surface area contributed by atoms with Gasteiger partial charge >= 0.3 is 0 Å². The molecule has 0 spiro atoms. The second-order valence-corrected chi connectivity index (χ2v) is 5.11. The highest BCUT2D eigenvalue weighted by Gasteiger charge is 2.26. The third kappa shape index (κ3) is 3.64. The van der Waals surface area contributed by atoms with Gasteiger partial charge in [0.05, 0.1) is 19.8 Å². The van der Waals surface area contributed by atoms with Gasteiger partial charge in [-0.3, -0.25) is 0 Å². The van der Waals surface area contributed by atoms with E-state index in [-0.39, 0.29) is 0 Å². The van der Waals surface area contributed by atoms with Crippen molar-refractivity contribution < 1.29 is 14.2 Å². The minimum atomic E-state index is 0.347. The van der Waals surface area contributed by atoms with Crippen LogP contribution in [-0.4, -0.2) is 33.0 Å². The molecule has 0 saturated heterocycles. The van der Waals surface area contributed by atoms with Gasteiger partial charge in [-0.15, -0.1) is 0 Å². The van der Waals surface area contributed by atoms with Gasteiger partial charge in [0.2, 0.25) is 0 Å². The highest BCUT2D eigenvalue weighted by atomic mass is 16.5. The van der Waals surface area contributed by atoms with Crippen molar-refractivity contribution in [3.8, 4) is 11.5 Å². The van der Waals surface area contributed by atoms with Gasteiger partial charge in [-0.1, -0.05) is 6.07 Å². The van der Waals surface area contributed by atoms with Crippen LogP contribution in [0.2, 0.25) is 0 Å². The predicted molar refractivity (Wildman–Crippen MR) is 79.4 cm³/mol. The van der Waals surface area contributed by atoms with E-state index in [1.165, 1.54) is 18.4 Å². The monoisotopic (exact) mass is 279 g/mol.